The average Bonchev–Trinajstić information content (AvgIpc) is 2.91. The van der Waals surface area contributed by atoms with Gasteiger partial charge < -0.3 is 19.0 Å². The van der Waals surface area contributed by atoms with Crippen molar-refractivity contribution in [2.45, 2.75) is 0 Å². The second kappa shape index (κ2) is 3.57. The number of rotatable bonds is 3. The van der Waals surface area contributed by atoms with E-state index in [9.17, 15) is 14.4 Å². The quantitative estimate of drug-likeness (QED) is 0.381. The molecule has 18 heavy (non-hydrogen) atoms. The smallest absolute Gasteiger partial charge is 0.348 e. The van der Waals surface area contributed by atoms with Gasteiger partial charge >= 0.3 is 17.9 Å². The molecular weight excluding hydrogens is 359 g/mol. The molecule has 7 nitrogen and oxygen atoms in total. The number of benzene rings is 1. The average molecular weight is 362 g/mol. The molecule has 0 spiro atoms. The first kappa shape index (κ1) is 11.3. The Labute approximate surface area is 112 Å². The number of ether oxygens (including phenoxy) is 2. The molecule has 1 aliphatic rings. The Morgan fingerprint density at radius 3 is 2.67 bits per heavy atom. The monoisotopic (exact) mass is 362 g/mol. The van der Waals surface area contributed by atoms with Gasteiger partial charge in [0.2, 0.25) is 11.5 Å². The van der Waals surface area contributed by atoms with Crippen molar-refractivity contribution < 1.29 is 33.4 Å². The molecular formula is C10H3IO7. The summed E-state index contributed by atoms with van der Waals surface area (Å²) in [5.74, 6) is -2.90. The Kier molecular flexibility index (Phi) is 2.24. The van der Waals surface area contributed by atoms with Crippen molar-refractivity contribution in [3.05, 3.63) is 11.1 Å². The topological polar surface area (TPSA) is 103 Å². The highest BCUT2D eigenvalue weighted by Crippen LogP contribution is 2.51. The van der Waals surface area contributed by atoms with Gasteiger partial charge in [-0.2, -0.15) is 0 Å². The summed E-state index contributed by atoms with van der Waals surface area (Å²) in [6.45, 7) is 0. The molecule has 2 bridgehead atoms. The third-order valence-corrected chi connectivity index (χ3v) is 3.09. The lowest BCUT2D eigenvalue weighted by atomic mass is 10.1. The van der Waals surface area contributed by atoms with Crippen LogP contribution in [0.2, 0.25) is 0 Å². The lowest BCUT2D eigenvalue weighted by Gasteiger charge is -2.00. The standard InChI is InChI=1S/C10H3IO7/c11-1-2(12)16-7-5-3(9(13)14)4-6(17-5)8(7)18-10(4)15/h1H2,(H,13,14). The number of hydrogen-bond donors (Lipinski definition) is 1. The Morgan fingerprint density at radius 2 is 2.06 bits per heavy atom. The molecule has 0 fully saturated rings. The molecule has 8 heteroatoms. The fraction of sp³-hybridized carbons (Fsp3) is 0.100. The zero-order chi connectivity index (χ0) is 13.0. The van der Waals surface area contributed by atoms with Crippen molar-refractivity contribution in [2.24, 2.45) is 0 Å². The van der Waals surface area contributed by atoms with Crippen LogP contribution in [-0.4, -0.2) is 27.4 Å². The number of hydrogen-bond acceptors (Lipinski definition) is 6. The molecule has 2 aromatic rings. The van der Waals surface area contributed by atoms with Gasteiger partial charge in [0.15, 0.2) is 11.2 Å². The van der Waals surface area contributed by atoms with Gasteiger partial charge in [-0.1, -0.05) is 22.6 Å². The van der Waals surface area contributed by atoms with Crippen LogP contribution in [0.1, 0.15) is 20.7 Å². The van der Waals surface area contributed by atoms with Crippen molar-refractivity contribution in [2.75, 3.05) is 4.43 Å². The van der Waals surface area contributed by atoms with Crippen LogP contribution in [0.25, 0.3) is 11.2 Å². The summed E-state index contributed by atoms with van der Waals surface area (Å²) >= 11 is 1.79. The van der Waals surface area contributed by atoms with Crippen molar-refractivity contribution in [3.63, 3.8) is 0 Å². The van der Waals surface area contributed by atoms with Crippen LogP contribution >= 0.6 is 22.6 Å². The molecule has 0 saturated carbocycles. The van der Waals surface area contributed by atoms with Gasteiger partial charge in [0.1, 0.15) is 11.1 Å². The number of aromatic carboxylic acids is 1. The lowest BCUT2D eigenvalue weighted by Crippen LogP contribution is -2.09. The zero-order valence-electron chi connectivity index (χ0n) is 8.48. The maximum Gasteiger partial charge on any atom is 0.348 e. The highest BCUT2D eigenvalue weighted by Gasteiger charge is 2.43. The van der Waals surface area contributed by atoms with Gasteiger partial charge in [0.25, 0.3) is 0 Å². The molecule has 0 aliphatic carbocycles. The molecule has 1 aliphatic heterocycles. The first-order chi connectivity index (χ1) is 8.54. The van der Waals surface area contributed by atoms with E-state index in [-0.39, 0.29) is 38.2 Å². The molecule has 3 heterocycles. The predicted octanol–water partition coefficient (Wildman–Crippen LogP) is 1.44. The molecule has 0 unspecified atom stereocenters. The normalized spacial score (nSPS) is 13.1. The van der Waals surface area contributed by atoms with Crippen LogP contribution in [0.4, 0.5) is 0 Å². The molecule has 0 saturated heterocycles. The second-order valence-corrected chi connectivity index (χ2v) is 4.23. The third-order valence-electron chi connectivity index (χ3n) is 2.46. The number of esters is 2. The van der Waals surface area contributed by atoms with Gasteiger partial charge in [0.05, 0.1) is 4.43 Å². The van der Waals surface area contributed by atoms with Gasteiger partial charge in [-0.15, -0.1) is 0 Å². The van der Waals surface area contributed by atoms with E-state index in [1.54, 1.807) is 22.6 Å². The molecule has 0 radical (unpaired) electrons. The second-order valence-electron chi connectivity index (χ2n) is 3.47. The van der Waals surface area contributed by atoms with Crippen LogP contribution in [0.3, 0.4) is 0 Å². The van der Waals surface area contributed by atoms with Crippen molar-refractivity contribution >= 4 is 51.7 Å². The first-order valence-electron chi connectivity index (χ1n) is 4.68. The number of fused-ring (bicyclic) bond motifs is 1. The molecule has 0 amide bonds. The highest BCUT2D eigenvalue weighted by atomic mass is 127. The number of alkyl halides is 1. The lowest BCUT2D eigenvalue weighted by molar-refractivity contribution is -0.131. The Hall–Kier alpha value is -1.84. The number of halogens is 1. The van der Waals surface area contributed by atoms with Crippen LogP contribution in [0.15, 0.2) is 4.42 Å². The Morgan fingerprint density at radius 1 is 1.33 bits per heavy atom. The third kappa shape index (κ3) is 1.26. The van der Waals surface area contributed by atoms with E-state index in [0.717, 1.165) is 0 Å². The van der Waals surface area contributed by atoms with Gasteiger partial charge in [-0.3, -0.25) is 4.79 Å². The van der Waals surface area contributed by atoms with E-state index >= 15 is 0 Å². The van der Waals surface area contributed by atoms with E-state index in [2.05, 4.69) is 0 Å². The SMILES string of the molecule is O=C(CI)Oc1c2c3oc1c(C(=O)O)c3C(=O)O2. The minimum absolute atomic E-state index is 0.0173. The summed E-state index contributed by atoms with van der Waals surface area (Å²) in [6.07, 6.45) is 0. The number of carbonyl (C=O) groups excluding carboxylic acids is 2. The van der Waals surface area contributed by atoms with Crippen LogP contribution in [-0.2, 0) is 4.79 Å². The first-order valence-corrected chi connectivity index (χ1v) is 6.21. The number of carboxylic acid groups (broad SMARTS) is 1. The summed E-state index contributed by atoms with van der Waals surface area (Å²) in [4.78, 5) is 33.8. The Balaban J connectivity index is 2.22. The fourth-order valence-corrected chi connectivity index (χ4v) is 1.98. The summed E-state index contributed by atoms with van der Waals surface area (Å²) in [5.41, 5.74) is -0.579. The largest absolute Gasteiger partial charge is 0.478 e. The minimum Gasteiger partial charge on any atom is -0.478 e. The molecule has 3 rings (SSSR count). The number of furan rings is 2. The zero-order valence-corrected chi connectivity index (χ0v) is 10.6. The summed E-state index contributed by atoms with van der Waals surface area (Å²) in [7, 11) is 0. The van der Waals surface area contributed by atoms with Crippen LogP contribution in [0, 0.1) is 0 Å². The highest BCUT2D eigenvalue weighted by molar-refractivity contribution is 14.1. The predicted molar refractivity (Wildman–Crippen MR) is 63.8 cm³/mol. The van der Waals surface area contributed by atoms with Crippen LogP contribution in [0.5, 0.6) is 11.5 Å². The number of carbonyl (C=O) groups is 3. The molecule has 0 atom stereocenters. The Bertz CT molecular complexity index is 698. The number of carboxylic acids is 1. The van der Waals surface area contributed by atoms with Gasteiger partial charge in [0, 0.05) is 0 Å². The summed E-state index contributed by atoms with van der Waals surface area (Å²) < 4.78 is 15.0. The van der Waals surface area contributed by atoms with Gasteiger partial charge in [-0.25, -0.2) is 9.59 Å². The van der Waals surface area contributed by atoms with E-state index < -0.39 is 17.9 Å². The van der Waals surface area contributed by atoms with Crippen molar-refractivity contribution in [1.29, 1.82) is 0 Å². The van der Waals surface area contributed by atoms with Crippen molar-refractivity contribution in [1.82, 2.24) is 0 Å². The van der Waals surface area contributed by atoms with E-state index in [1.165, 1.54) is 0 Å². The molecule has 92 valence electrons. The van der Waals surface area contributed by atoms with E-state index in [4.69, 9.17) is 19.0 Å². The maximum absolute atomic E-state index is 11.5. The van der Waals surface area contributed by atoms with Gasteiger partial charge in [-0.05, 0) is 0 Å². The molecule has 1 N–H and O–H groups in total. The minimum atomic E-state index is -1.34. The van der Waals surface area contributed by atoms with Crippen LogP contribution < -0.4 is 9.47 Å². The summed E-state index contributed by atoms with van der Waals surface area (Å²) in [6, 6.07) is 0. The van der Waals surface area contributed by atoms with E-state index in [0.29, 0.717) is 0 Å². The molecule has 2 aromatic heterocycles. The maximum atomic E-state index is 11.5. The molecule has 0 aromatic carbocycles. The van der Waals surface area contributed by atoms with Crippen molar-refractivity contribution in [3.8, 4) is 11.5 Å². The van der Waals surface area contributed by atoms with E-state index in [1.807, 2.05) is 0 Å². The fourth-order valence-electron chi connectivity index (χ4n) is 1.83. The summed E-state index contributed by atoms with van der Waals surface area (Å²) in [5, 5.41) is 9.04.